The number of amides is 5. The standard InChI is InChI=1S/C24H30N4O6/c1-3-34-13-20(30)25-14-24(2)8-10-27(11-9-24)15-4-5-16-17(12-15)23(33)28(22(16)32)18-6-7-19(29)26-21(18)31/h4-5,12,18H,3,6-11,13-14H2,1-2H3,(H,25,30)(H,26,29,31). The summed E-state index contributed by atoms with van der Waals surface area (Å²) in [4.78, 5) is 64.6. The van der Waals surface area contributed by atoms with E-state index in [2.05, 4.69) is 22.5 Å². The molecule has 0 aliphatic carbocycles. The van der Waals surface area contributed by atoms with Crippen molar-refractivity contribution in [1.29, 1.82) is 0 Å². The van der Waals surface area contributed by atoms with Crippen LogP contribution in [-0.2, 0) is 19.1 Å². The van der Waals surface area contributed by atoms with Crippen molar-refractivity contribution >= 4 is 35.2 Å². The number of anilines is 1. The van der Waals surface area contributed by atoms with E-state index >= 15 is 0 Å². The molecule has 34 heavy (non-hydrogen) atoms. The maximum atomic E-state index is 13.1. The lowest BCUT2D eigenvalue weighted by Crippen LogP contribution is -2.54. The summed E-state index contributed by atoms with van der Waals surface area (Å²) in [6.07, 6.45) is 1.94. The van der Waals surface area contributed by atoms with E-state index in [0.29, 0.717) is 13.2 Å². The number of carbonyl (C=O) groups is 5. The predicted molar refractivity (Wildman–Crippen MR) is 122 cm³/mol. The molecule has 182 valence electrons. The smallest absolute Gasteiger partial charge is 0.262 e. The van der Waals surface area contributed by atoms with E-state index in [9.17, 15) is 24.0 Å². The van der Waals surface area contributed by atoms with Crippen molar-refractivity contribution < 1.29 is 28.7 Å². The van der Waals surface area contributed by atoms with Gasteiger partial charge in [-0.3, -0.25) is 34.2 Å². The lowest BCUT2D eigenvalue weighted by Gasteiger charge is -2.40. The molecule has 0 bridgehead atoms. The molecule has 0 radical (unpaired) electrons. The monoisotopic (exact) mass is 470 g/mol. The Hall–Kier alpha value is -3.27. The van der Waals surface area contributed by atoms with Gasteiger partial charge < -0.3 is 15.0 Å². The second-order valence-electron chi connectivity index (χ2n) is 9.39. The van der Waals surface area contributed by atoms with Crippen LogP contribution in [0, 0.1) is 5.41 Å². The Morgan fingerprint density at radius 1 is 1.15 bits per heavy atom. The summed E-state index contributed by atoms with van der Waals surface area (Å²) in [7, 11) is 0. The third kappa shape index (κ3) is 4.68. The Kier molecular flexibility index (Phi) is 6.70. The van der Waals surface area contributed by atoms with Crippen molar-refractivity contribution in [3.8, 4) is 0 Å². The lowest BCUT2D eigenvalue weighted by molar-refractivity contribution is -0.136. The van der Waals surface area contributed by atoms with Crippen LogP contribution in [0.1, 0.15) is 60.2 Å². The molecule has 3 heterocycles. The molecule has 1 atom stereocenters. The van der Waals surface area contributed by atoms with Gasteiger partial charge in [0.25, 0.3) is 11.8 Å². The molecule has 4 rings (SSSR count). The third-order valence-corrected chi connectivity index (χ3v) is 6.91. The molecular weight excluding hydrogens is 440 g/mol. The van der Waals surface area contributed by atoms with Crippen LogP contribution in [0.3, 0.4) is 0 Å². The van der Waals surface area contributed by atoms with Crippen molar-refractivity contribution in [3.05, 3.63) is 29.3 Å². The number of piperidine rings is 2. The fourth-order valence-corrected chi connectivity index (χ4v) is 4.69. The molecular formula is C24H30N4O6. The van der Waals surface area contributed by atoms with Gasteiger partial charge in [0, 0.05) is 38.3 Å². The number of rotatable bonds is 7. The van der Waals surface area contributed by atoms with Crippen LogP contribution in [-0.4, -0.2) is 73.3 Å². The van der Waals surface area contributed by atoms with E-state index in [0.717, 1.165) is 36.5 Å². The normalized spacial score (nSPS) is 22.0. The molecule has 2 saturated heterocycles. The first-order valence-electron chi connectivity index (χ1n) is 11.7. The average Bonchev–Trinajstić information content (AvgIpc) is 3.06. The van der Waals surface area contributed by atoms with Gasteiger partial charge in [-0.1, -0.05) is 6.92 Å². The highest BCUT2D eigenvalue weighted by atomic mass is 16.5. The molecule has 2 fully saturated rings. The maximum Gasteiger partial charge on any atom is 0.262 e. The molecule has 0 saturated carbocycles. The second kappa shape index (κ2) is 9.54. The van der Waals surface area contributed by atoms with Gasteiger partial charge in [-0.25, -0.2) is 0 Å². The Bertz CT molecular complexity index is 1030. The highest BCUT2D eigenvalue weighted by molar-refractivity contribution is 6.23. The zero-order valence-electron chi connectivity index (χ0n) is 19.5. The minimum absolute atomic E-state index is 0.0382. The van der Waals surface area contributed by atoms with Gasteiger partial charge in [-0.2, -0.15) is 0 Å². The number of imide groups is 2. The van der Waals surface area contributed by atoms with Crippen LogP contribution in [0.25, 0.3) is 0 Å². The Balaban J connectivity index is 1.40. The van der Waals surface area contributed by atoms with Crippen molar-refractivity contribution in [2.75, 3.05) is 37.7 Å². The first kappa shape index (κ1) is 23.9. The number of ether oxygens (including phenoxy) is 1. The predicted octanol–water partition coefficient (Wildman–Crippen LogP) is 0.847. The van der Waals surface area contributed by atoms with Crippen molar-refractivity contribution in [2.45, 2.75) is 45.6 Å². The Morgan fingerprint density at radius 2 is 1.85 bits per heavy atom. The molecule has 3 aliphatic rings. The van der Waals surface area contributed by atoms with Crippen LogP contribution in [0.2, 0.25) is 0 Å². The van der Waals surface area contributed by atoms with Crippen LogP contribution >= 0.6 is 0 Å². The SMILES string of the molecule is CCOCC(=O)NCC1(C)CCN(c2ccc3c(c2)C(=O)N(C2CCC(=O)NC2=O)C3=O)CC1. The number of hydrogen-bond acceptors (Lipinski definition) is 7. The molecule has 1 aromatic carbocycles. The van der Waals surface area contributed by atoms with E-state index in [1.54, 1.807) is 12.1 Å². The number of nitrogens with one attached hydrogen (secondary N) is 2. The van der Waals surface area contributed by atoms with Crippen LogP contribution in [0.4, 0.5) is 5.69 Å². The number of benzene rings is 1. The topological polar surface area (TPSA) is 125 Å². The number of nitrogens with zero attached hydrogens (tertiary/aromatic N) is 2. The van der Waals surface area contributed by atoms with Crippen LogP contribution in [0.5, 0.6) is 0 Å². The summed E-state index contributed by atoms with van der Waals surface area (Å²) in [6.45, 7) is 6.62. The summed E-state index contributed by atoms with van der Waals surface area (Å²) < 4.78 is 5.14. The Morgan fingerprint density at radius 3 is 2.53 bits per heavy atom. The highest BCUT2D eigenvalue weighted by Gasteiger charge is 2.45. The first-order chi connectivity index (χ1) is 16.2. The number of hydrogen-bond donors (Lipinski definition) is 2. The van der Waals surface area contributed by atoms with Crippen molar-refractivity contribution in [2.24, 2.45) is 5.41 Å². The lowest BCUT2D eigenvalue weighted by atomic mass is 9.80. The number of carbonyl (C=O) groups excluding carboxylic acids is 5. The van der Waals surface area contributed by atoms with E-state index < -0.39 is 29.7 Å². The van der Waals surface area contributed by atoms with Crippen LogP contribution in [0.15, 0.2) is 18.2 Å². The van der Waals surface area contributed by atoms with Gasteiger partial charge in [0.15, 0.2) is 0 Å². The van der Waals surface area contributed by atoms with Crippen molar-refractivity contribution in [1.82, 2.24) is 15.5 Å². The van der Waals surface area contributed by atoms with Crippen LogP contribution < -0.4 is 15.5 Å². The summed E-state index contributed by atoms with van der Waals surface area (Å²) in [5, 5.41) is 5.15. The zero-order valence-corrected chi connectivity index (χ0v) is 19.5. The molecule has 1 unspecified atom stereocenters. The van der Waals surface area contributed by atoms with E-state index in [-0.39, 0.29) is 41.9 Å². The summed E-state index contributed by atoms with van der Waals surface area (Å²) in [5.41, 5.74) is 1.36. The largest absolute Gasteiger partial charge is 0.372 e. The molecule has 0 spiro atoms. The third-order valence-electron chi connectivity index (χ3n) is 6.91. The average molecular weight is 471 g/mol. The van der Waals surface area contributed by atoms with E-state index in [1.165, 1.54) is 0 Å². The van der Waals surface area contributed by atoms with Gasteiger partial charge in [0.05, 0.1) is 11.1 Å². The fourth-order valence-electron chi connectivity index (χ4n) is 4.69. The molecule has 5 amide bonds. The minimum Gasteiger partial charge on any atom is -0.372 e. The van der Waals surface area contributed by atoms with Crippen molar-refractivity contribution in [3.63, 3.8) is 0 Å². The molecule has 1 aromatic rings. The molecule has 10 nitrogen and oxygen atoms in total. The maximum absolute atomic E-state index is 13.1. The molecule has 3 aliphatic heterocycles. The quantitative estimate of drug-likeness (QED) is 0.566. The van der Waals surface area contributed by atoms with Gasteiger partial charge in [0.2, 0.25) is 17.7 Å². The highest BCUT2D eigenvalue weighted by Crippen LogP contribution is 2.35. The van der Waals surface area contributed by atoms with Gasteiger partial charge >= 0.3 is 0 Å². The summed E-state index contributed by atoms with van der Waals surface area (Å²) >= 11 is 0. The minimum atomic E-state index is -0.970. The fraction of sp³-hybridized carbons (Fsp3) is 0.542. The van der Waals surface area contributed by atoms with E-state index in [4.69, 9.17) is 4.74 Å². The number of fused-ring (bicyclic) bond motifs is 1. The molecule has 2 N–H and O–H groups in total. The first-order valence-corrected chi connectivity index (χ1v) is 11.7. The van der Waals surface area contributed by atoms with Gasteiger partial charge in [0.1, 0.15) is 12.6 Å². The summed E-state index contributed by atoms with van der Waals surface area (Å²) in [5.74, 6) is -2.14. The summed E-state index contributed by atoms with van der Waals surface area (Å²) in [6, 6.07) is 4.21. The zero-order chi connectivity index (χ0) is 24.5. The van der Waals surface area contributed by atoms with Gasteiger partial charge in [-0.15, -0.1) is 0 Å². The second-order valence-corrected chi connectivity index (χ2v) is 9.39. The van der Waals surface area contributed by atoms with E-state index in [1.807, 2.05) is 13.0 Å². The molecule has 0 aromatic heterocycles. The molecule has 10 heteroatoms. The Labute approximate surface area is 198 Å². The van der Waals surface area contributed by atoms with Gasteiger partial charge in [-0.05, 0) is 49.8 Å².